The molecule has 4 heteroatoms. The number of nitrogens with two attached hydrogens (primary N) is 1. The monoisotopic (exact) mass is 441 g/mol. The standard InChI is InChI=1S/C29H35N3O/c1-4-9-22(2)29(32-23(3)31-20-24-14-16-27(30)17-15-24)19-26-12-8-13-28(18-26)33-21-25-10-6-5-7-11-25/h5-8,10-18,29,31-32H,2-4,9,19-21,30H2,1H3. The fourth-order valence-electron chi connectivity index (χ4n) is 3.64. The molecule has 3 aromatic carbocycles. The normalized spacial score (nSPS) is 11.4. The minimum Gasteiger partial charge on any atom is -0.489 e. The molecule has 0 saturated carbocycles. The largest absolute Gasteiger partial charge is 0.489 e. The maximum Gasteiger partial charge on any atom is 0.120 e. The Morgan fingerprint density at radius 1 is 0.909 bits per heavy atom. The third-order valence-corrected chi connectivity index (χ3v) is 5.48. The summed E-state index contributed by atoms with van der Waals surface area (Å²) in [5.74, 6) is 1.65. The van der Waals surface area contributed by atoms with Gasteiger partial charge in [0.05, 0.1) is 11.9 Å². The van der Waals surface area contributed by atoms with Gasteiger partial charge in [0.15, 0.2) is 0 Å². The summed E-state index contributed by atoms with van der Waals surface area (Å²) in [6.07, 6.45) is 2.83. The Bertz CT molecular complexity index is 1030. The minimum atomic E-state index is 0.0840. The molecule has 0 amide bonds. The van der Waals surface area contributed by atoms with Crippen LogP contribution >= 0.6 is 0 Å². The Hall–Kier alpha value is -3.66. The number of anilines is 1. The summed E-state index contributed by atoms with van der Waals surface area (Å²) < 4.78 is 6.02. The van der Waals surface area contributed by atoms with Gasteiger partial charge in [-0.25, -0.2) is 0 Å². The first-order valence-electron chi connectivity index (χ1n) is 11.5. The van der Waals surface area contributed by atoms with E-state index in [4.69, 9.17) is 10.5 Å². The molecule has 33 heavy (non-hydrogen) atoms. The van der Waals surface area contributed by atoms with Gasteiger partial charge < -0.3 is 21.1 Å². The molecular formula is C29H35N3O. The zero-order valence-electron chi connectivity index (χ0n) is 19.5. The van der Waals surface area contributed by atoms with E-state index in [1.165, 1.54) is 11.1 Å². The van der Waals surface area contributed by atoms with E-state index in [2.05, 4.69) is 55.0 Å². The van der Waals surface area contributed by atoms with Crippen molar-refractivity contribution in [3.05, 3.63) is 120 Å². The molecular weight excluding hydrogens is 406 g/mol. The first kappa shape index (κ1) is 24.0. The number of hydrogen-bond donors (Lipinski definition) is 3. The van der Waals surface area contributed by atoms with Crippen LogP contribution in [0.4, 0.5) is 5.69 Å². The van der Waals surface area contributed by atoms with Gasteiger partial charge in [-0.05, 0) is 53.8 Å². The van der Waals surface area contributed by atoms with Gasteiger partial charge in [-0.1, -0.05) is 86.7 Å². The lowest BCUT2D eigenvalue weighted by atomic mass is 9.96. The fraction of sp³-hybridized carbons (Fsp3) is 0.241. The van der Waals surface area contributed by atoms with Gasteiger partial charge in [0, 0.05) is 12.2 Å². The van der Waals surface area contributed by atoms with E-state index >= 15 is 0 Å². The molecule has 3 rings (SSSR count). The van der Waals surface area contributed by atoms with Gasteiger partial charge in [0.25, 0.3) is 0 Å². The predicted octanol–water partition coefficient (Wildman–Crippen LogP) is 5.97. The van der Waals surface area contributed by atoms with Crippen molar-refractivity contribution in [1.82, 2.24) is 10.6 Å². The molecule has 0 radical (unpaired) electrons. The highest BCUT2D eigenvalue weighted by atomic mass is 16.5. The topological polar surface area (TPSA) is 59.3 Å². The summed E-state index contributed by atoms with van der Waals surface area (Å²) in [7, 11) is 0. The van der Waals surface area contributed by atoms with Crippen LogP contribution in [0.1, 0.15) is 36.5 Å². The second-order valence-corrected chi connectivity index (χ2v) is 8.30. The number of hydrogen-bond acceptors (Lipinski definition) is 4. The van der Waals surface area contributed by atoms with Gasteiger partial charge in [-0.15, -0.1) is 0 Å². The SMILES string of the molecule is C=C(NCc1ccc(N)cc1)NC(Cc1cccc(OCc2ccccc2)c1)C(=C)CCC. The highest BCUT2D eigenvalue weighted by Crippen LogP contribution is 2.20. The summed E-state index contributed by atoms with van der Waals surface area (Å²) in [5, 5.41) is 6.91. The third kappa shape index (κ3) is 8.08. The van der Waals surface area contributed by atoms with Gasteiger partial charge >= 0.3 is 0 Å². The molecule has 4 N–H and O–H groups in total. The van der Waals surface area contributed by atoms with E-state index in [0.29, 0.717) is 13.2 Å². The minimum absolute atomic E-state index is 0.0840. The van der Waals surface area contributed by atoms with Crippen LogP contribution in [0.2, 0.25) is 0 Å². The number of ether oxygens (including phenoxy) is 1. The van der Waals surface area contributed by atoms with Crippen molar-refractivity contribution in [3.63, 3.8) is 0 Å². The first-order chi connectivity index (χ1) is 16.0. The van der Waals surface area contributed by atoms with Gasteiger partial charge in [-0.2, -0.15) is 0 Å². The first-order valence-corrected chi connectivity index (χ1v) is 11.5. The zero-order valence-corrected chi connectivity index (χ0v) is 19.5. The van der Waals surface area contributed by atoms with Crippen molar-refractivity contribution in [3.8, 4) is 5.75 Å². The molecule has 172 valence electrons. The van der Waals surface area contributed by atoms with E-state index < -0.39 is 0 Å². The molecule has 0 spiro atoms. The molecule has 1 unspecified atom stereocenters. The Labute approximate surface area is 198 Å². The molecule has 0 aliphatic carbocycles. The lowest BCUT2D eigenvalue weighted by molar-refractivity contribution is 0.306. The van der Waals surface area contributed by atoms with Crippen LogP contribution in [-0.4, -0.2) is 6.04 Å². The highest BCUT2D eigenvalue weighted by Gasteiger charge is 2.14. The molecule has 0 aromatic heterocycles. The molecule has 3 aromatic rings. The van der Waals surface area contributed by atoms with Crippen LogP contribution < -0.4 is 21.1 Å². The Morgan fingerprint density at radius 3 is 2.36 bits per heavy atom. The smallest absolute Gasteiger partial charge is 0.120 e. The van der Waals surface area contributed by atoms with Crippen LogP contribution in [0, 0.1) is 0 Å². The van der Waals surface area contributed by atoms with E-state index in [1.54, 1.807) is 0 Å². The second-order valence-electron chi connectivity index (χ2n) is 8.30. The molecule has 1 atom stereocenters. The Kier molecular flexibility index (Phi) is 9.01. The molecule has 0 saturated heterocycles. The van der Waals surface area contributed by atoms with Crippen LogP contribution in [0.15, 0.2) is 103 Å². The third-order valence-electron chi connectivity index (χ3n) is 5.48. The van der Waals surface area contributed by atoms with E-state index in [-0.39, 0.29) is 6.04 Å². The molecule has 0 aliphatic heterocycles. The summed E-state index contributed by atoms with van der Waals surface area (Å²) in [5.41, 5.74) is 11.2. The Morgan fingerprint density at radius 2 is 1.64 bits per heavy atom. The van der Waals surface area contributed by atoms with E-state index in [0.717, 1.165) is 47.6 Å². The van der Waals surface area contributed by atoms with E-state index in [9.17, 15) is 0 Å². The maximum absolute atomic E-state index is 6.02. The molecule has 0 fully saturated rings. The van der Waals surface area contributed by atoms with Gasteiger partial charge in [-0.3, -0.25) is 0 Å². The van der Waals surface area contributed by atoms with Gasteiger partial charge in [0.2, 0.25) is 0 Å². The fourth-order valence-corrected chi connectivity index (χ4v) is 3.64. The van der Waals surface area contributed by atoms with Crippen molar-refractivity contribution in [2.45, 2.75) is 45.4 Å². The number of nitrogen functional groups attached to an aromatic ring is 1. The van der Waals surface area contributed by atoms with Crippen molar-refractivity contribution in [2.75, 3.05) is 5.73 Å². The van der Waals surface area contributed by atoms with Crippen LogP contribution in [-0.2, 0) is 19.6 Å². The number of rotatable bonds is 13. The summed E-state index contributed by atoms with van der Waals surface area (Å²) in [6.45, 7) is 11.9. The average Bonchev–Trinajstić information content (AvgIpc) is 2.83. The number of nitrogens with one attached hydrogen (secondary N) is 2. The van der Waals surface area contributed by atoms with E-state index in [1.807, 2.05) is 54.6 Å². The molecule has 0 heterocycles. The zero-order chi connectivity index (χ0) is 23.5. The van der Waals surface area contributed by atoms with Crippen molar-refractivity contribution < 1.29 is 4.74 Å². The van der Waals surface area contributed by atoms with Crippen LogP contribution in [0.25, 0.3) is 0 Å². The lowest BCUT2D eigenvalue weighted by Gasteiger charge is -2.24. The molecule has 4 nitrogen and oxygen atoms in total. The Balaban J connectivity index is 1.60. The quantitative estimate of drug-likeness (QED) is 0.226. The van der Waals surface area contributed by atoms with Crippen molar-refractivity contribution in [2.24, 2.45) is 0 Å². The predicted molar refractivity (Wildman–Crippen MR) is 139 cm³/mol. The highest BCUT2D eigenvalue weighted by molar-refractivity contribution is 5.39. The molecule has 0 bridgehead atoms. The van der Waals surface area contributed by atoms with Crippen molar-refractivity contribution >= 4 is 5.69 Å². The lowest BCUT2D eigenvalue weighted by Crippen LogP contribution is -2.37. The van der Waals surface area contributed by atoms with Crippen LogP contribution in [0.5, 0.6) is 5.75 Å². The summed E-state index contributed by atoms with van der Waals surface area (Å²) in [4.78, 5) is 0. The van der Waals surface area contributed by atoms with Crippen molar-refractivity contribution in [1.29, 1.82) is 0 Å². The second kappa shape index (κ2) is 12.4. The molecule has 0 aliphatic rings. The summed E-state index contributed by atoms with van der Waals surface area (Å²) >= 11 is 0. The van der Waals surface area contributed by atoms with Crippen LogP contribution in [0.3, 0.4) is 0 Å². The number of benzene rings is 3. The summed E-state index contributed by atoms with van der Waals surface area (Å²) in [6, 6.07) is 26.4. The average molecular weight is 442 g/mol. The van der Waals surface area contributed by atoms with Gasteiger partial charge in [0.1, 0.15) is 12.4 Å². The maximum atomic E-state index is 6.02.